The summed E-state index contributed by atoms with van der Waals surface area (Å²) >= 11 is 4.12. The molecule has 4 fully saturated rings. The van der Waals surface area contributed by atoms with Crippen LogP contribution in [0.2, 0.25) is 0 Å². The van der Waals surface area contributed by atoms with Crippen LogP contribution in [-0.4, -0.2) is 28.1 Å². The summed E-state index contributed by atoms with van der Waals surface area (Å²) in [5, 5.41) is 10.6. The number of rotatable bonds is 2. The molecule has 0 saturated heterocycles. The molecule has 0 aliphatic heterocycles. The standard InChI is InChI=1S/C21H33BrO3/c1-14(24)25-15-5-10-20(13-23)18-7-9-19(2)8-3-4-17(19)16(18)6-11-21(20,22)12-15/h15-18,23H,3-13H2,1-2H3/t15-,16-,17-,18-,19-,20-,21+/m0/s1. The van der Waals surface area contributed by atoms with Gasteiger partial charge in [0, 0.05) is 23.1 Å². The van der Waals surface area contributed by atoms with Gasteiger partial charge in [-0.15, -0.1) is 0 Å². The molecule has 1 N–H and O–H groups in total. The van der Waals surface area contributed by atoms with Crippen molar-refractivity contribution in [1.29, 1.82) is 0 Å². The van der Waals surface area contributed by atoms with Gasteiger partial charge in [0.15, 0.2) is 0 Å². The molecule has 25 heavy (non-hydrogen) atoms. The molecule has 0 bridgehead atoms. The molecule has 0 aromatic rings. The molecule has 7 atom stereocenters. The van der Waals surface area contributed by atoms with Crippen molar-refractivity contribution in [1.82, 2.24) is 0 Å². The predicted molar refractivity (Wildman–Crippen MR) is 101 cm³/mol. The lowest BCUT2D eigenvalue weighted by Crippen LogP contribution is -2.63. The fourth-order valence-corrected chi connectivity index (χ4v) is 8.82. The normalized spacial score (nSPS) is 52.0. The molecule has 0 spiro atoms. The van der Waals surface area contributed by atoms with Crippen LogP contribution in [0.15, 0.2) is 0 Å². The van der Waals surface area contributed by atoms with Crippen molar-refractivity contribution in [3.05, 3.63) is 0 Å². The zero-order valence-corrected chi connectivity index (χ0v) is 17.3. The molecule has 0 unspecified atom stereocenters. The molecule has 4 aliphatic carbocycles. The quantitative estimate of drug-likeness (QED) is 0.521. The van der Waals surface area contributed by atoms with Crippen molar-refractivity contribution in [2.45, 2.75) is 88.5 Å². The molecule has 0 heterocycles. The first-order valence-corrected chi connectivity index (χ1v) is 11.1. The molecule has 4 rings (SSSR count). The number of esters is 1. The summed E-state index contributed by atoms with van der Waals surface area (Å²) in [6.07, 6.45) is 11.9. The summed E-state index contributed by atoms with van der Waals surface area (Å²) in [6.45, 7) is 4.31. The van der Waals surface area contributed by atoms with Crippen molar-refractivity contribution in [3.63, 3.8) is 0 Å². The fourth-order valence-electron chi connectivity index (χ4n) is 7.62. The first-order chi connectivity index (χ1) is 11.8. The van der Waals surface area contributed by atoms with E-state index in [1.807, 2.05) is 0 Å². The van der Waals surface area contributed by atoms with Crippen molar-refractivity contribution >= 4 is 21.9 Å². The second-order valence-electron chi connectivity index (χ2n) is 9.75. The van der Waals surface area contributed by atoms with Gasteiger partial charge in [0.2, 0.25) is 0 Å². The zero-order valence-electron chi connectivity index (χ0n) is 15.7. The average molecular weight is 413 g/mol. The molecule has 0 aromatic heterocycles. The van der Waals surface area contributed by atoms with Gasteiger partial charge in [-0.05, 0) is 74.5 Å². The van der Waals surface area contributed by atoms with Gasteiger partial charge < -0.3 is 9.84 Å². The Labute approximate surface area is 160 Å². The third-order valence-corrected chi connectivity index (χ3v) is 10.3. The van der Waals surface area contributed by atoms with E-state index in [1.165, 1.54) is 45.4 Å². The maximum absolute atomic E-state index is 11.4. The van der Waals surface area contributed by atoms with Gasteiger partial charge in [0.1, 0.15) is 6.10 Å². The van der Waals surface area contributed by atoms with Gasteiger partial charge in [-0.3, -0.25) is 4.79 Å². The number of carbonyl (C=O) groups is 1. The van der Waals surface area contributed by atoms with E-state index >= 15 is 0 Å². The Kier molecular flexibility index (Phi) is 4.55. The third kappa shape index (κ3) is 2.64. The maximum atomic E-state index is 11.4. The molecule has 4 aliphatic rings. The number of fused-ring (bicyclic) bond motifs is 5. The number of hydrogen-bond donors (Lipinski definition) is 1. The first kappa shape index (κ1) is 18.3. The van der Waals surface area contributed by atoms with Gasteiger partial charge in [0.05, 0.1) is 6.61 Å². The zero-order chi connectivity index (χ0) is 17.9. The van der Waals surface area contributed by atoms with Crippen molar-refractivity contribution in [2.75, 3.05) is 6.61 Å². The summed E-state index contributed by atoms with van der Waals surface area (Å²) in [6, 6.07) is 0. The monoisotopic (exact) mass is 412 g/mol. The summed E-state index contributed by atoms with van der Waals surface area (Å²) < 4.78 is 5.50. The van der Waals surface area contributed by atoms with E-state index in [0.29, 0.717) is 11.3 Å². The topological polar surface area (TPSA) is 46.5 Å². The lowest BCUT2D eigenvalue weighted by Gasteiger charge is -2.64. The summed E-state index contributed by atoms with van der Waals surface area (Å²) in [5.41, 5.74) is 0.523. The predicted octanol–water partition coefficient (Wildman–Crippen LogP) is 4.84. The Morgan fingerprint density at radius 3 is 2.64 bits per heavy atom. The number of ether oxygens (including phenoxy) is 1. The Balaban J connectivity index is 1.62. The lowest BCUT2D eigenvalue weighted by atomic mass is 9.44. The number of aliphatic hydroxyl groups excluding tert-OH is 1. The highest BCUT2D eigenvalue weighted by molar-refractivity contribution is 9.10. The largest absolute Gasteiger partial charge is 0.463 e. The highest BCUT2D eigenvalue weighted by atomic mass is 79.9. The highest BCUT2D eigenvalue weighted by Gasteiger charge is 2.64. The maximum Gasteiger partial charge on any atom is 0.302 e. The van der Waals surface area contributed by atoms with Crippen LogP contribution in [0.4, 0.5) is 0 Å². The van der Waals surface area contributed by atoms with Crippen molar-refractivity contribution in [3.8, 4) is 0 Å². The van der Waals surface area contributed by atoms with Crippen LogP contribution in [0.1, 0.15) is 78.1 Å². The molecule has 4 saturated carbocycles. The minimum absolute atomic E-state index is 0.00781. The Hall–Kier alpha value is -0.0900. The van der Waals surface area contributed by atoms with Crippen LogP contribution in [0, 0.1) is 28.6 Å². The molecule has 4 heteroatoms. The Morgan fingerprint density at radius 2 is 1.92 bits per heavy atom. The third-order valence-electron chi connectivity index (χ3n) is 8.77. The molecule has 3 nitrogen and oxygen atoms in total. The van der Waals surface area contributed by atoms with E-state index in [-0.39, 0.29) is 28.4 Å². The average Bonchev–Trinajstić information content (AvgIpc) is 2.95. The van der Waals surface area contributed by atoms with Gasteiger partial charge in [-0.25, -0.2) is 0 Å². The number of halogens is 1. The molecule has 0 amide bonds. The Bertz CT molecular complexity index is 551. The highest BCUT2D eigenvalue weighted by Crippen LogP contribution is 2.69. The van der Waals surface area contributed by atoms with Crippen LogP contribution >= 0.6 is 15.9 Å². The van der Waals surface area contributed by atoms with Crippen LogP contribution in [-0.2, 0) is 9.53 Å². The summed E-state index contributed by atoms with van der Waals surface area (Å²) in [7, 11) is 0. The van der Waals surface area contributed by atoms with Crippen molar-refractivity contribution in [2.24, 2.45) is 28.6 Å². The lowest BCUT2D eigenvalue weighted by molar-refractivity contribution is -0.161. The van der Waals surface area contributed by atoms with Crippen LogP contribution in [0.3, 0.4) is 0 Å². The fraction of sp³-hybridized carbons (Fsp3) is 0.952. The second kappa shape index (κ2) is 6.22. The van der Waals surface area contributed by atoms with Gasteiger partial charge >= 0.3 is 5.97 Å². The second-order valence-corrected chi connectivity index (χ2v) is 11.3. The SMILES string of the molecule is CC(=O)O[C@H]1CC[C@]2(CO)[C@H]3CC[C@]4(C)CCC[C@H]4[C@@H]3CC[C@@]2(Br)C1. The number of hydrogen-bond acceptors (Lipinski definition) is 3. The first-order valence-electron chi connectivity index (χ1n) is 10.3. The molecule has 0 aromatic carbocycles. The van der Waals surface area contributed by atoms with Gasteiger partial charge in [-0.2, -0.15) is 0 Å². The summed E-state index contributed by atoms with van der Waals surface area (Å²) in [5.74, 6) is 2.09. The van der Waals surface area contributed by atoms with E-state index in [4.69, 9.17) is 4.74 Å². The van der Waals surface area contributed by atoms with Crippen LogP contribution in [0.5, 0.6) is 0 Å². The molecular formula is C21H33BrO3. The smallest absolute Gasteiger partial charge is 0.302 e. The molecular weight excluding hydrogens is 380 g/mol. The van der Waals surface area contributed by atoms with Gasteiger partial charge in [-0.1, -0.05) is 29.3 Å². The van der Waals surface area contributed by atoms with Crippen LogP contribution in [0.25, 0.3) is 0 Å². The summed E-state index contributed by atoms with van der Waals surface area (Å²) in [4.78, 5) is 11.4. The van der Waals surface area contributed by atoms with E-state index in [9.17, 15) is 9.90 Å². The van der Waals surface area contributed by atoms with E-state index in [0.717, 1.165) is 37.5 Å². The number of aliphatic hydroxyl groups is 1. The van der Waals surface area contributed by atoms with Crippen molar-refractivity contribution < 1.29 is 14.6 Å². The molecule has 0 radical (unpaired) electrons. The molecule has 142 valence electrons. The van der Waals surface area contributed by atoms with Gasteiger partial charge in [0.25, 0.3) is 0 Å². The van der Waals surface area contributed by atoms with Crippen LogP contribution < -0.4 is 0 Å². The minimum atomic E-state index is -0.175. The number of alkyl halides is 1. The number of carbonyl (C=O) groups excluding carboxylic acids is 1. The van der Waals surface area contributed by atoms with E-state index in [2.05, 4.69) is 22.9 Å². The minimum Gasteiger partial charge on any atom is -0.463 e. The Morgan fingerprint density at radius 1 is 1.12 bits per heavy atom. The van der Waals surface area contributed by atoms with E-state index in [1.54, 1.807) is 0 Å². The van der Waals surface area contributed by atoms with E-state index < -0.39 is 0 Å².